The second-order valence-corrected chi connectivity index (χ2v) is 3.78. The fraction of sp³-hybridized carbons (Fsp3) is 1.00. The van der Waals surface area contributed by atoms with Crippen LogP contribution >= 0.6 is 0 Å². The lowest BCUT2D eigenvalue weighted by molar-refractivity contribution is 0.164. The van der Waals surface area contributed by atoms with Crippen molar-refractivity contribution in [3.8, 4) is 0 Å². The average molecular weight is 140 g/mol. The zero-order chi connectivity index (χ0) is 7.03. The van der Waals surface area contributed by atoms with Crippen LogP contribution in [0.1, 0.15) is 25.7 Å². The summed E-state index contributed by atoms with van der Waals surface area (Å²) in [6.07, 6.45) is 5.18. The summed E-state index contributed by atoms with van der Waals surface area (Å²) < 4.78 is 0. The van der Waals surface area contributed by atoms with Crippen molar-refractivity contribution in [3.63, 3.8) is 0 Å². The van der Waals surface area contributed by atoms with E-state index in [4.69, 9.17) is 5.73 Å². The predicted molar refractivity (Wildman–Crippen MR) is 41.7 cm³/mol. The summed E-state index contributed by atoms with van der Waals surface area (Å²) in [5.41, 5.74) is 6.41. The summed E-state index contributed by atoms with van der Waals surface area (Å²) in [5, 5.41) is 3.37. The van der Waals surface area contributed by atoms with E-state index in [0.717, 1.165) is 12.5 Å². The van der Waals surface area contributed by atoms with E-state index in [1.165, 1.54) is 32.2 Å². The standard InChI is InChI=1S/C8H16N2/c9-8(3-1-4-8)7-2-5-10-6-7/h7,10H,1-6,9H2. The second kappa shape index (κ2) is 2.21. The molecular weight excluding hydrogens is 124 g/mol. The second-order valence-electron chi connectivity index (χ2n) is 3.78. The molecule has 1 aliphatic carbocycles. The molecule has 1 saturated heterocycles. The molecule has 1 aliphatic heterocycles. The van der Waals surface area contributed by atoms with Crippen LogP contribution in [0.15, 0.2) is 0 Å². The monoisotopic (exact) mass is 140 g/mol. The number of hydrogen-bond acceptors (Lipinski definition) is 2. The quantitative estimate of drug-likeness (QED) is 0.556. The summed E-state index contributed by atoms with van der Waals surface area (Å²) in [7, 11) is 0. The first-order valence-corrected chi connectivity index (χ1v) is 4.31. The minimum atomic E-state index is 0.240. The zero-order valence-corrected chi connectivity index (χ0v) is 6.40. The van der Waals surface area contributed by atoms with E-state index in [1.54, 1.807) is 0 Å². The fourth-order valence-electron chi connectivity index (χ4n) is 2.14. The molecule has 0 radical (unpaired) electrons. The van der Waals surface area contributed by atoms with Crippen molar-refractivity contribution in [2.75, 3.05) is 13.1 Å². The van der Waals surface area contributed by atoms with E-state index in [-0.39, 0.29) is 5.54 Å². The molecule has 0 aromatic rings. The van der Waals surface area contributed by atoms with Crippen molar-refractivity contribution in [2.45, 2.75) is 31.2 Å². The first-order valence-electron chi connectivity index (χ1n) is 4.31. The van der Waals surface area contributed by atoms with Crippen LogP contribution in [0.2, 0.25) is 0 Å². The summed E-state index contributed by atoms with van der Waals surface area (Å²) in [4.78, 5) is 0. The van der Waals surface area contributed by atoms with E-state index >= 15 is 0 Å². The molecule has 2 heteroatoms. The first kappa shape index (κ1) is 6.62. The number of nitrogens with one attached hydrogen (secondary N) is 1. The largest absolute Gasteiger partial charge is 0.325 e. The van der Waals surface area contributed by atoms with Crippen LogP contribution in [0.5, 0.6) is 0 Å². The van der Waals surface area contributed by atoms with Crippen molar-refractivity contribution in [3.05, 3.63) is 0 Å². The molecule has 0 aromatic carbocycles. The topological polar surface area (TPSA) is 38.0 Å². The van der Waals surface area contributed by atoms with Crippen LogP contribution in [-0.4, -0.2) is 18.6 Å². The van der Waals surface area contributed by atoms with Gasteiger partial charge < -0.3 is 11.1 Å². The summed E-state index contributed by atoms with van der Waals surface area (Å²) >= 11 is 0. The highest BCUT2D eigenvalue weighted by molar-refractivity contribution is 5.00. The maximum absolute atomic E-state index is 6.17. The Morgan fingerprint density at radius 3 is 2.60 bits per heavy atom. The van der Waals surface area contributed by atoms with Gasteiger partial charge in [0.1, 0.15) is 0 Å². The number of rotatable bonds is 1. The van der Waals surface area contributed by atoms with Gasteiger partial charge in [-0.3, -0.25) is 0 Å². The lowest BCUT2D eigenvalue weighted by Crippen LogP contribution is -2.53. The Kier molecular flexibility index (Phi) is 1.46. The van der Waals surface area contributed by atoms with Gasteiger partial charge in [-0.15, -0.1) is 0 Å². The molecule has 0 bridgehead atoms. The lowest BCUT2D eigenvalue weighted by atomic mass is 9.68. The van der Waals surface area contributed by atoms with E-state index < -0.39 is 0 Å². The minimum absolute atomic E-state index is 0.240. The van der Waals surface area contributed by atoms with Gasteiger partial charge in [0.2, 0.25) is 0 Å². The van der Waals surface area contributed by atoms with Gasteiger partial charge in [-0.2, -0.15) is 0 Å². The van der Waals surface area contributed by atoms with Gasteiger partial charge in [-0.1, -0.05) is 0 Å². The van der Waals surface area contributed by atoms with Gasteiger partial charge in [0, 0.05) is 5.54 Å². The highest BCUT2D eigenvalue weighted by Crippen LogP contribution is 2.38. The third kappa shape index (κ3) is 0.867. The lowest BCUT2D eigenvalue weighted by Gasteiger charge is -2.43. The maximum atomic E-state index is 6.17. The molecular formula is C8H16N2. The number of hydrogen-bond donors (Lipinski definition) is 2. The highest BCUT2D eigenvalue weighted by atomic mass is 14.9. The Balaban J connectivity index is 1.96. The van der Waals surface area contributed by atoms with Crippen LogP contribution < -0.4 is 11.1 Å². The molecule has 1 heterocycles. The highest BCUT2D eigenvalue weighted by Gasteiger charge is 2.41. The number of nitrogens with two attached hydrogens (primary N) is 1. The first-order chi connectivity index (χ1) is 4.81. The van der Waals surface area contributed by atoms with Crippen LogP contribution in [0.25, 0.3) is 0 Å². The predicted octanol–water partition coefficient (Wildman–Crippen LogP) is 0.477. The van der Waals surface area contributed by atoms with E-state index in [0.29, 0.717) is 0 Å². The zero-order valence-electron chi connectivity index (χ0n) is 6.40. The molecule has 58 valence electrons. The van der Waals surface area contributed by atoms with Crippen LogP contribution in [0, 0.1) is 5.92 Å². The molecule has 2 aliphatic rings. The van der Waals surface area contributed by atoms with Gasteiger partial charge in [0.05, 0.1) is 0 Å². The van der Waals surface area contributed by atoms with Gasteiger partial charge >= 0.3 is 0 Å². The molecule has 10 heavy (non-hydrogen) atoms. The summed E-state index contributed by atoms with van der Waals surface area (Å²) in [6.45, 7) is 2.35. The molecule has 0 amide bonds. The van der Waals surface area contributed by atoms with Crippen LogP contribution in [0.4, 0.5) is 0 Å². The van der Waals surface area contributed by atoms with Gasteiger partial charge in [0.15, 0.2) is 0 Å². The van der Waals surface area contributed by atoms with Crippen molar-refractivity contribution in [1.82, 2.24) is 5.32 Å². The van der Waals surface area contributed by atoms with Crippen molar-refractivity contribution >= 4 is 0 Å². The Labute approximate surface area is 62.2 Å². The SMILES string of the molecule is NC1(C2CCNC2)CCC1. The molecule has 1 unspecified atom stereocenters. The molecule has 0 spiro atoms. The molecule has 2 rings (SSSR count). The third-order valence-corrected chi connectivity index (χ3v) is 3.16. The van der Waals surface area contributed by atoms with Crippen molar-refractivity contribution in [2.24, 2.45) is 11.7 Å². The molecule has 2 nitrogen and oxygen atoms in total. The maximum Gasteiger partial charge on any atom is 0.0195 e. The van der Waals surface area contributed by atoms with Gasteiger partial charge in [-0.25, -0.2) is 0 Å². The molecule has 1 atom stereocenters. The van der Waals surface area contributed by atoms with Crippen molar-refractivity contribution < 1.29 is 0 Å². The fourth-order valence-corrected chi connectivity index (χ4v) is 2.14. The van der Waals surface area contributed by atoms with Crippen LogP contribution in [0.3, 0.4) is 0 Å². The normalized spacial score (nSPS) is 37.5. The molecule has 2 fully saturated rings. The van der Waals surface area contributed by atoms with E-state index in [9.17, 15) is 0 Å². The minimum Gasteiger partial charge on any atom is -0.325 e. The van der Waals surface area contributed by atoms with Gasteiger partial charge in [-0.05, 0) is 44.7 Å². The van der Waals surface area contributed by atoms with Crippen molar-refractivity contribution in [1.29, 1.82) is 0 Å². The van der Waals surface area contributed by atoms with Gasteiger partial charge in [0.25, 0.3) is 0 Å². The molecule has 0 aromatic heterocycles. The summed E-state index contributed by atoms with van der Waals surface area (Å²) in [6, 6.07) is 0. The van der Waals surface area contributed by atoms with Crippen LogP contribution in [-0.2, 0) is 0 Å². The smallest absolute Gasteiger partial charge is 0.0195 e. The molecule has 3 N–H and O–H groups in total. The average Bonchev–Trinajstić information content (AvgIpc) is 2.33. The summed E-state index contributed by atoms with van der Waals surface area (Å²) in [5.74, 6) is 0.779. The Morgan fingerprint density at radius 2 is 2.20 bits per heavy atom. The van der Waals surface area contributed by atoms with E-state index in [2.05, 4.69) is 5.32 Å². The Morgan fingerprint density at radius 1 is 1.40 bits per heavy atom. The van der Waals surface area contributed by atoms with E-state index in [1.807, 2.05) is 0 Å². The molecule has 1 saturated carbocycles. The Bertz CT molecular complexity index is 123. The third-order valence-electron chi connectivity index (χ3n) is 3.16. The Hall–Kier alpha value is -0.0800.